The van der Waals surface area contributed by atoms with Crippen LogP contribution in [0.25, 0.3) is 10.9 Å². The SMILES string of the molecule is COC(=O)[C@@H](Cc1c[nH]c2ccccc12)NC(=O)CN. The highest BCUT2D eigenvalue weighted by Gasteiger charge is 2.22. The Labute approximate surface area is 116 Å². The molecule has 0 bridgehead atoms. The predicted octanol–water partition coefficient (Wildman–Crippen LogP) is 0.327. The van der Waals surface area contributed by atoms with Crippen LogP contribution < -0.4 is 11.1 Å². The van der Waals surface area contributed by atoms with Gasteiger partial charge in [-0.25, -0.2) is 4.79 Å². The van der Waals surface area contributed by atoms with Gasteiger partial charge >= 0.3 is 5.97 Å². The normalized spacial score (nSPS) is 12.1. The number of hydrogen-bond donors (Lipinski definition) is 3. The fourth-order valence-corrected chi connectivity index (χ4v) is 2.11. The average molecular weight is 275 g/mol. The molecule has 1 atom stereocenters. The number of esters is 1. The second kappa shape index (κ2) is 6.21. The highest BCUT2D eigenvalue weighted by Crippen LogP contribution is 2.19. The first kappa shape index (κ1) is 14.1. The van der Waals surface area contributed by atoms with E-state index in [9.17, 15) is 9.59 Å². The summed E-state index contributed by atoms with van der Waals surface area (Å²) in [4.78, 5) is 26.2. The maximum Gasteiger partial charge on any atom is 0.328 e. The van der Waals surface area contributed by atoms with Gasteiger partial charge in [-0.2, -0.15) is 0 Å². The molecule has 0 aliphatic carbocycles. The number of rotatable bonds is 5. The standard InChI is InChI=1S/C14H17N3O3/c1-20-14(19)12(17-13(18)7-15)6-9-8-16-11-5-3-2-4-10(9)11/h2-5,8,12,16H,6-7,15H2,1H3,(H,17,18)/t12-/m1/s1. The molecule has 1 heterocycles. The molecule has 0 aliphatic rings. The lowest BCUT2D eigenvalue weighted by Crippen LogP contribution is -2.45. The van der Waals surface area contributed by atoms with Crippen molar-refractivity contribution in [2.75, 3.05) is 13.7 Å². The van der Waals surface area contributed by atoms with Crippen LogP contribution in [0.4, 0.5) is 0 Å². The first-order valence-electron chi connectivity index (χ1n) is 6.28. The second-order valence-electron chi connectivity index (χ2n) is 4.41. The third kappa shape index (κ3) is 2.97. The van der Waals surface area contributed by atoms with Crippen LogP contribution in [0.3, 0.4) is 0 Å². The molecule has 2 rings (SSSR count). The number of amides is 1. The molecule has 0 aliphatic heterocycles. The molecule has 20 heavy (non-hydrogen) atoms. The number of fused-ring (bicyclic) bond motifs is 1. The number of benzene rings is 1. The summed E-state index contributed by atoms with van der Waals surface area (Å²) in [5.74, 6) is -0.877. The van der Waals surface area contributed by atoms with E-state index in [0.717, 1.165) is 16.5 Å². The molecule has 0 unspecified atom stereocenters. The predicted molar refractivity (Wildman–Crippen MR) is 75.0 cm³/mol. The van der Waals surface area contributed by atoms with Crippen LogP contribution in [-0.2, 0) is 20.7 Å². The highest BCUT2D eigenvalue weighted by molar-refractivity contribution is 5.87. The molecule has 1 aromatic heterocycles. The minimum absolute atomic E-state index is 0.165. The Kier molecular flexibility index (Phi) is 4.37. The Balaban J connectivity index is 2.22. The van der Waals surface area contributed by atoms with Gasteiger partial charge in [0, 0.05) is 23.5 Å². The van der Waals surface area contributed by atoms with Gasteiger partial charge in [0.25, 0.3) is 0 Å². The summed E-state index contributed by atoms with van der Waals surface area (Å²) >= 11 is 0. The van der Waals surface area contributed by atoms with Crippen LogP contribution in [0.15, 0.2) is 30.5 Å². The van der Waals surface area contributed by atoms with Crippen molar-refractivity contribution in [3.05, 3.63) is 36.0 Å². The molecule has 1 amide bonds. The van der Waals surface area contributed by atoms with Gasteiger partial charge in [0.15, 0.2) is 0 Å². The summed E-state index contributed by atoms with van der Waals surface area (Å²) in [6, 6.07) is 7.02. The van der Waals surface area contributed by atoms with E-state index in [-0.39, 0.29) is 12.5 Å². The molecule has 0 saturated carbocycles. The van der Waals surface area contributed by atoms with Crippen LogP contribution >= 0.6 is 0 Å². The number of H-pyrrole nitrogens is 1. The van der Waals surface area contributed by atoms with Crippen molar-refractivity contribution in [2.45, 2.75) is 12.5 Å². The Bertz CT molecular complexity index is 621. The molecule has 0 saturated heterocycles. The van der Waals surface area contributed by atoms with Crippen molar-refractivity contribution >= 4 is 22.8 Å². The summed E-state index contributed by atoms with van der Waals surface area (Å²) in [6.07, 6.45) is 2.18. The van der Waals surface area contributed by atoms with Gasteiger partial charge < -0.3 is 20.8 Å². The molecule has 1 aromatic carbocycles. The van der Waals surface area contributed by atoms with Crippen LogP contribution in [-0.4, -0.2) is 36.6 Å². The van der Waals surface area contributed by atoms with Gasteiger partial charge in [0.2, 0.25) is 5.91 Å². The summed E-state index contributed by atoms with van der Waals surface area (Å²) < 4.78 is 4.71. The minimum Gasteiger partial charge on any atom is -0.467 e. The molecule has 0 fully saturated rings. The van der Waals surface area contributed by atoms with E-state index in [4.69, 9.17) is 10.5 Å². The maximum atomic E-state index is 11.7. The molecule has 6 heteroatoms. The van der Waals surface area contributed by atoms with E-state index in [0.29, 0.717) is 6.42 Å². The number of aromatic nitrogens is 1. The Morgan fingerprint density at radius 2 is 2.15 bits per heavy atom. The minimum atomic E-state index is -0.741. The number of methoxy groups -OCH3 is 1. The van der Waals surface area contributed by atoms with Gasteiger partial charge in [-0.3, -0.25) is 4.79 Å². The first-order chi connectivity index (χ1) is 9.65. The molecular formula is C14H17N3O3. The number of nitrogens with two attached hydrogens (primary N) is 1. The van der Waals surface area contributed by atoms with Crippen LogP contribution in [0.5, 0.6) is 0 Å². The van der Waals surface area contributed by atoms with Crippen molar-refractivity contribution in [3.63, 3.8) is 0 Å². The Morgan fingerprint density at radius 3 is 2.85 bits per heavy atom. The number of hydrogen-bond acceptors (Lipinski definition) is 4. The van der Waals surface area contributed by atoms with Crippen molar-refractivity contribution in [1.29, 1.82) is 0 Å². The zero-order chi connectivity index (χ0) is 14.5. The number of aromatic amines is 1. The molecule has 0 spiro atoms. The number of para-hydroxylation sites is 1. The van der Waals surface area contributed by atoms with E-state index < -0.39 is 12.0 Å². The van der Waals surface area contributed by atoms with E-state index >= 15 is 0 Å². The van der Waals surface area contributed by atoms with E-state index in [2.05, 4.69) is 10.3 Å². The van der Waals surface area contributed by atoms with Crippen molar-refractivity contribution in [2.24, 2.45) is 5.73 Å². The first-order valence-corrected chi connectivity index (χ1v) is 6.28. The maximum absolute atomic E-state index is 11.7. The van der Waals surface area contributed by atoms with Gasteiger partial charge in [0.1, 0.15) is 6.04 Å². The fraction of sp³-hybridized carbons (Fsp3) is 0.286. The largest absolute Gasteiger partial charge is 0.467 e. The van der Waals surface area contributed by atoms with Crippen molar-refractivity contribution in [3.8, 4) is 0 Å². The lowest BCUT2D eigenvalue weighted by molar-refractivity contribution is -0.144. The number of carbonyl (C=O) groups excluding carboxylic acids is 2. The molecule has 2 aromatic rings. The smallest absolute Gasteiger partial charge is 0.328 e. The van der Waals surface area contributed by atoms with Crippen molar-refractivity contribution < 1.29 is 14.3 Å². The summed E-state index contributed by atoms with van der Waals surface area (Å²) in [7, 11) is 1.29. The Morgan fingerprint density at radius 1 is 1.40 bits per heavy atom. The van der Waals surface area contributed by atoms with Gasteiger partial charge in [-0.15, -0.1) is 0 Å². The van der Waals surface area contributed by atoms with Crippen LogP contribution in [0.1, 0.15) is 5.56 Å². The van der Waals surface area contributed by atoms with Crippen molar-refractivity contribution in [1.82, 2.24) is 10.3 Å². The third-order valence-electron chi connectivity index (χ3n) is 3.11. The quantitative estimate of drug-likeness (QED) is 0.685. The molecule has 4 N–H and O–H groups in total. The number of nitrogens with one attached hydrogen (secondary N) is 2. The van der Waals surface area contributed by atoms with E-state index in [1.165, 1.54) is 7.11 Å². The van der Waals surface area contributed by atoms with E-state index in [1.54, 1.807) is 0 Å². The number of carbonyl (C=O) groups is 2. The fourth-order valence-electron chi connectivity index (χ4n) is 2.11. The summed E-state index contributed by atoms with van der Waals surface area (Å²) in [6.45, 7) is -0.165. The number of ether oxygens (including phenoxy) is 1. The second-order valence-corrected chi connectivity index (χ2v) is 4.41. The topological polar surface area (TPSA) is 97.2 Å². The van der Waals surface area contributed by atoms with Gasteiger partial charge in [0.05, 0.1) is 13.7 Å². The lowest BCUT2D eigenvalue weighted by atomic mass is 10.0. The molecular weight excluding hydrogens is 258 g/mol. The van der Waals surface area contributed by atoms with Gasteiger partial charge in [-0.05, 0) is 11.6 Å². The molecule has 6 nitrogen and oxygen atoms in total. The monoisotopic (exact) mass is 275 g/mol. The zero-order valence-corrected chi connectivity index (χ0v) is 11.2. The summed E-state index contributed by atoms with van der Waals surface area (Å²) in [5.41, 5.74) is 7.18. The van der Waals surface area contributed by atoms with Crippen LogP contribution in [0, 0.1) is 0 Å². The Hall–Kier alpha value is -2.34. The highest BCUT2D eigenvalue weighted by atomic mass is 16.5. The summed E-state index contributed by atoms with van der Waals surface area (Å²) in [5, 5.41) is 3.59. The third-order valence-corrected chi connectivity index (χ3v) is 3.11. The molecule has 0 radical (unpaired) electrons. The zero-order valence-electron chi connectivity index (χ0n) is 11.2. The van der Waals surface area contributed by atoms with Crippen LogP contribution in [0.2, 0.25) is 0 Å². The van der Waals surface area contributed by atoms with Gasteiger partial charge in [-0.1, -0.05) is 18.2 Å². The lowest BCUT2D eigenvalue weighted by Gasteiger charge is -2.15. The van der Waals surface area contributed by atoms with E-state index in [1.807, 2.05) is 30.5 Å². The average Bonchev–Trinajstić information content (AvgIpc) is 2.89. The molecule has 106 valence electrons.